The van der Waals surface area contributed by atoms with Gasteiger partial charge >= 0.3 is 6.18 Å². The normalized spacial score (nSPS) is 25.4. The monoisotopic (exact) mass is 235 g/mol. The van der Waals surface area contributed by atoms with E-state index in [-0.39, 0.29) is 31.9 Å². The molecule has 3 fully saturated rings. The van der Waals surface area contributed by atoms with Crippen molar-refractivity contribution in [3.05, 3.63) is 5.92 Å². The van der Waals surface area contributed by atoms with Crippen molar-refractivity contribution < 1.29 is 32.6 Å². The summed E-state index contributed by atoms with van der Waals surface area (Å²) in [5.41, 5.74) is -1.23. The van der Waals surface area contributed by atoms with Crippen LogP contribution in [-0.2, 0) is 19.5 Å². The van der Waals surface area contributed by atoms with Crippen molar-refractivity contribution in [1.82, 2.24) is 0 Å². The molecule has 3 saturated carbocycles. The van der Waals surface area contributed by atoms with Crippen molar-refractivity contribution in [2.45, 2.75) is 25.4 Å². The van der Waals surface area contributed by atoms with E-state index in [1.807, 2.05) is 0 Å². The Balaban J connectivity index is 0.000000500. The fraction of sp³-hybridized carbons (Fsp3) is 0.833. The second-order valence-electron chi connectivity index (χ2n) is 3.06. The van der Waals surface area contributed by atoms with E-state index in [1.54, 1.807) is 0 Å². The van der Waals surface area contributed by atoms with E-state index >= 15 is 0 Å². The minimum Gasteiger partial charge on any atom is -0.312 e. The Kier molecular flexibility index (Phi) is 3.07. The zero-order valence-electron chi connectivity index (χ0n) is 5.87. The molecule has 0 N–H and O–H groups in total. The first-order valence-electron chi connectivity index (χ1n) is 2.94. The van der Waals surface area contributed by atoms with Gasteiger partial charge in [-0.1, -0.05) is 0 Å². The molecule has 0 aromatic rings. The Morgan fingerprint density at radius 2 is 1.45 bits per heavy atom. The summed E-state index contributed by atoms with van der Waals surface area (Å²) in [7, 11) is 0. The molecule has 3 aliphatic carbocycles. The minimum absolute atomic E-state index is 0. The Morgan fingerprint density at radius 1 is 1.09 bits per heavy atom. The average Bonchev–Trinajstić information content (AvgIpc) is 1.08. The van der Waals surface area contributed by atoms with Crippen LogP contribution in [0.3, 0.4) is 0 Å². The molecule has 0 saturated heterocycles. The third-order valence-electron chi connectivity index (χ3n) is 2.37. The molecule has 3 aliphatic rings. The first-order chi connectivity index (χ1) is 4.04. The number of alkyl halides is 3. The summed E-state index contributed by atoms with van der Waals surface area (Å²) in [6, 6.07) is 0. The van der Waals surface area contributed by atoms with Gasteiger partial charge in [-0.15, -0.1) is 12.4 Å². The average molecular weight is 237 g/mol. The van der Waals surface area contributed by atoms with Gasteiger partial charge in [0.25, 0.3) is 0 Å². The summed E-state index contributed by atoms with van der Waals surface area (Å²) < 4.78 is 35.7. The molecule has 0 aromatic heterocycles. The molecule has 62 valence electrons. The maximum Gasteiger partial charge on any atom is 0.387 e. The topological polar surface area (TPSA) is 0 Å². The third kappa shape index (κ3) is 1.33. The van der Waals surface area contributed by atoms with E-state index in [1.165, 1.54) is 0 Å². The zero-order chi connectivity index (χ0) is 6.70. The molecule has 0 atom stereocenters. The summed E-state index contributed by atoms with van der Waals surface area (Å²) >= 11 is 0. The quantitative estimate of drug-likeness (QED) is 0.448. The summed E-state index contributed by atoms with van der Waals surface area (Å²) in [5, 5.41) is 0. The number of hydrogen-bond acceptors (Lipinski definition) is 0. The van der Waals surface area contributed by atoms with Gasteiger partial charge in [0.2, 0.25) is 0 Å². The van der Waals surface area contributed by atoms with Crippen molar-refractivity contribution in [2.24, 2.45) is 5.41 Å². The minimum atomic E-state index is -3.92. The Hall–Kier alpha value is 0.703. The first kappa shape index (κ1) is 11.7. The molecule has 3 rings (SSSR count). The van der Waals surface area contributed by atoms with Crippen LogP contribution in [0.2, 0.25) is 0 Å². The van der Waals surface area contributed by atoms with Gasteiger partial charge in [0, 0.05) is 19.5 Å². The van der Waals surface area contributed by atoms with Gasteiger partial charge < -0.3 is 5.92 Å². The van der Waals surface area contributed by atoms with Gasteiger partial charge in [0.05, 0.1) is 0 Å². The molecule has 0 unspecified atom stereocenters. The van der Waals surface area contributed by atoms with Crippen LogP contribution in [-0.4, -0.2) is 6.18 Å². The van der Waals surface area contributed by atoms with Crippen LogP contribution in [0.4, 0.5) is 13.2 Å². The molecule has 0 aromatic carbocycles. The molecule has 2 bridgehead atoms. The molecule has 0 spiro atoms. The van der Waals surface area contributed by atoms with Crippen LogP contribution >= 0.6 is 12.4 Å². The maximum absolute atomic E-state index is 11.9. The van der Waals surface area contributed by atoms with Crippen LogP contribution < -0.4 is 0 Å². The van der Waals surface area contributed by atoms with E-state index in [0.29, 0.717) is 19.3 Å². The van der Waals surface area contributed by atoms with Crippen molar-refractivity contribution in [1.29, 1.82) is 0 Å². The Morgan fingerprint density at radius 3 is 1.45 bits per heavy atom. The number of halogens is 4. The first-order valence-corrected chi connectivity index (χ1v) is 2.94. The molecule has 5 heteroatoms. The Bertz CT molecular complexity index is 139. The van der Waals surface area contributed by atoms with Crippen molar-refractivity contribution in [2.75, 3.05) is 0 Å². The van der Waals surface area contributed by atoms with Crippen LogP contribution in [0.1, 0.15) is 19.3 Å². The van der Waals surface area contributed by atoms with Gasteiger partial charge in [0.1, 0.15) is 0 Å². The summed E-state index contributed by atoms with van der Waals surface area (Å²) in [4.78, 5) is 0. The van der Waals surface area contributed by atoms with Crippen LogP contribution in [0.5, 0.6) is 0 Å². The van der Waals surface area contributed by atoms with Crippen molar-refractivity contribution in [3.8, 4) is 0 Å². The fourth-order valence-electron chi connectivity index (χ4n) is 1.58. The Labute approximate surface area is 82.1 Å². The second kappa shape index (κ2) is 2.88. The van der Waals surface area contributed by atoms with Gasteiger partial charge in [-0.2, -0.15) is 32.4 Å². The fourth-order valence-corrected chi connectivity index (χ4v) is 1.58. The predicted molar refractivity (Wildman–Crippen MR) is 32.8 cm³/mol. The smallest absolute Gasteiger partial charge is 0.312 e. The van der Waals surface area contributed by atoms with E-state index in [9.17, 15) is 13.2 Å². The van der Waals surface area contributed by atoms with Crippen LogP contribution in [0.25, 0.3) is 0 Å². The van der Waals surface area contributed by atoms with E-state index in [0.717, 1.165) is 5.92 Å². The molecule has 0 heterocycles. The SMILES string of the molecule is Cl.FC(F)(F)C12C[C-](C1)C2.[Zn]. The van der Waals surface area contributed by atoms with Crippen molar-refractivity contribution >= 4 is 12.4 Å². The molecule has 0 radical (unpaired) electrons. The van der Waals surface area contributed by atoms with Gasteiger partial charge in [-0.3, -0.25) is 0 Å². The number of rotatable bonds is 0. The molecular weight excluding hydrogens is 230 g/mol. The predicted octanol–water partition coefficient (Wildman–Crippen LogP) is 2.73. The number of hydrogen-bond donors (Lipinski definition) is 0. The van der Waals surface area contributed by atoms with Gasteiger partial charge in [0.15, 0.2) is 0 Å². The van der Waals surface area contributed by atoms with Gasteiger partial charge in [-0.05, 0) is 5.41 Å². The molecule has 0 nitrogen and oxygen atoms in total. The third-order valence-corrected chi connectivity index (χ3v) is 2.37. The summed E-state index contributed by atoms with van der Waals surface area (Å²) in [6.45, 7) is 0. The zero-order valence-corrected chi connectivity index (χ0v) is 9.65. The maximum atomic E-state index is 11.9. The van der Waals surface area contributed by atoms with E-state index in [2.05, 4.69) is 0 Å². The summed E-state index contributed by atoms with van der Waals surface area (Å²) in [6.07, 6.45) is -2.93. The molecule has 11 heavy (non-hydrogen) atoms. The van der Waals surface area contributed by atoms with Crippen LogP contribution in [0, 0.1) is 11.3 Å². The molecular formula is C6H7ClF3Zn-. The van der Waals surface area contributed by atoms with E-state index in [4.69, 9.17) is 0 Å². The second-order valence-corrected chi connectivity index (χ2v) is 3.06. The largest absolute Gasteiger partial charge is 0.387 e. The standard InChI is InChI=1S/C6H6F3.ClH.Zn/c7-6(8,9)5-1-4(2-5)3-5;;/h1-3H2;1H;/q-1;;. The van der Waals surface area contributed by atoms with E-state index < -0.39 is 11.6 Å². The molecule has 0 aliphatic heterocycles. The molecule has 0 amide bonds. The van der Waals surface area contributed by atoms with Gasteiger partial charge in [-0.25, -0.2) is 0 Å². The van der Waals surface area contributed by atoms with Crippen molar-refractivity contribution in [3.63, 3.8) is 0 Å². The summed E-state index contributed by atoms with van der Waals surface area (Å²) in [5.74, 6) is 1.10. The van der Waals surface area contributed by atoms with Crippen LogP contribution in [0.15, 0.2) is 0 Å².